The number of alkyl halides is 3. The molecule has 2 rings (SSSR count). The molecule has 0 saturated heterocycles. The minimum atomic E-state index is -4.80. The third-order valence-corrected chi connectivity index (χ3v) is 3.30. The molecule has 0 aliphatic heterocycles. The molecule has 0 aliphatic carbocycles. The van der Waals surface area contributed by atoms with Gasteiger partial charge in [0.1, 0.15) is 11.4 Å². The molecule has 11 heteroatoms. The average Bonchev–Trinajstić information content (AvgIpc) is 2.60. The molecule has 1 heterocycles. The summed E-state index contributed by atoms with van der Waals surface area (Å²) in [5.74, 6) is -1.08. The van der Waals surface area contributed by atoms with Crippen molar-refractivity contribution >= 4 is 5.91 Å². The number of aromatic amines is 1. The summed E-state index contributed by atoms with van der Waals surface area (Å²) in [4.78, 5) is 30.0. The predicted molar refractivity (Wildman–Crippen MR) is 86.6 cm³/mol. The molecule has 0 fully saturated rings. The van der Waals surface area contributed by atoms with E-state index >= 15 is 0 Å². The Labute approximate surface area is 151 Å². The van der Waals surface area contributed by atoms with Gasteiger partial charge in [-0.1, -0.05) is 12.1 Å². The zero-order valence-electron chi connectivity index (χ0n) is 14.3. The van der Waals surface area contributed by atoms with Crippen LogP contribution in [0.25, 0.3) is 0 Å². The number of halogens is 3. The van der Waals surface area contributed by atoms with E-state index in [1.807, 2.05) is 0 Å². The Balaban J connectivity index is 2.18. The standard InChI is InChI=1S/C16H16F3N3O5/c1-25-8-12(9-3-5-10(6-4-9)27-16(17,18)19)20-14(24)11-7-13(23)22-15(21-11)26-2/h3-7,12H,8H2,1-2H3,(H,20,24)(H,21,22,23). The van der Waals surface area contributed by atoms with Crippen molar-refractivity contribution in [2.75, 3.05) is 20.8 Å². The molecule has 8 nitrogen and oxygen atoms in total. The van der Waals surface area contributed by atoms with Crippen LogP contribution in [0.5, 0.6) is 11.8 Å². The minimum absolute atomic E-state index is 0.0333. The third kappa shape index (κ3) is 5.99. The lowest BCUT2D eigenvalue weighted by Crippen LogP contribution is -2.32. The summed E-state index contributed by atoms with van der Waals surface area (Å²) < 4.78 is 50.3. The largest absolute Gasteiger partial charge is 0.573 e. The van der Waals surface area contributed by atoms with E-state index in [2.05, 4.69) is 20.0 Å². The molecule has 1 aromatic carbocycles. The second-order valence-corrected chi connectivity index (χ2v) is 5.24. The van der Waals surface area contributed by atoms with Gasteiger partial charge in [-0.15, -0.1) is 13.2 Å². The molecule has 2 N–H and O–H groups in total. The summed E-state index contributed by atoms with van der Waals surface area (Å²) in [7, 11) is 2.67. The molecule has 1 aromatic heterocycles. The summed E-state index contributed by atoms with van der Waals surface area (Å²) in [6.45, 7) is 0.0333. The number of amides is 1. The summed E-state index contributed by atoms with van der Waals surface area (Å²) in [6.07, 6.45) is -4.80. The monoisotopic (exact) mass is 387 g/mol. The highest BCUT2D eigenvalue weighted by molar-refractivity contribution is 5.92. The maximum absolute atomic E-state index is 12.4. The van der Waals surface area contributed by atoms with E-state index < -0.39 is 29.6 Å². The Hall–Kier alpha value is -3.08. The second kappa shape index (κ2) is 8.54. The van der Waals surface area contributed by atoms with Crippen LogP contribution in [0.1, 0.15) is 22.1 Å². The average molecular weight is 387 g/mol. The van der Waals surface area contributed by atoms with Gasteiger partial charge in [0.2, 0.25) is 0 Å². The smallest absolute Gasteiger partial charge is 0.468 e. The lowest BCUT2D eigenvalue weighted by atomic mass is 10.1. The zero-order chi connectivity index (χ0) is 20.0. The second-order valence-electron chi connectivity index (χ2n) is 5.24. The molecule has 0 saturated carbocycles. The number of carbonyl (C=O) groups is 1. The van der Waals surface area contributed by atoms with Gasteiger partial charge in [-0.3, -0.25) is 14.6 Å². The molecular formula is C16H16F3N3O5. The summed E-state index contributed by atoms with van der Waals surface area (Å²) in [5.41, 5.74) is -0.297. The topological polar surface area (TPSA) is 103 Å². The maximum Gasteiger partial charge on any atom is 0.573 e. The van der Waals surface area contributed by atoms with Gasteiger partial charge in [-0.2, -0.15) is 4.98 Å². The van der Waals surface area contributed by atoms with E-state index in [9.17, 15) is 22.8 Å². The number of hydrogen-bond acceptors (Lipinski definition) is 6. The molecule has 0 radical (unpaired) electrons. The van der Waals surface area contributed by atoms with Crippen LogP contribution < -0.4 is 20.3 Å². The Morgan fingerprint density at radius 1 is 1.26 bits per heavy atom. The molecule has 0 bridgehead atoms. The maximum atomic E-state index is 12.4. The van der Waals surface area contributed by atoms with Crippen LogP contribution in [0.2, 0.25) is 0 Å². The number of nitrogens with zero attached hydrogens (tertiary/aromatic N) is 1. The number of H-pyrrole nitrogens is 1. The van der Waals surface area contributed by atoms with Crippen LogP contribution in [0, 0.1) is 0 Å². The van der Waals surface area contributed by atoms with Crippen LogP contribution in [-0.2, 0) is 4.74 Å². The lowest BCUT2D eigenvalue weighted by molar-refractivity contribution is -0.274. The van der Waals surface area contributed by atoms with E-state index in [1.165, 1.54) is 26.4 Å². The first-order valence-electron chi connectivity index (χ1n) is 7.52. The van der Waals surface area contributed by atoms with E-state index in [0.29, 0.717) is 5.56 Å². The number of nitrogens with one attached hydrogen (secondary N) is 2. The van der Waals surface area contributed by atoms with Crippen molar-refractivity contribution in [3.05, 3.63) is 51.9 Å². The van der Waals surface area contributed by atoms with E-state index in [1.54, 1.807) is 0 Å². The highest BCUT2D eigenvalue weighted by atomic mass is 19.4. The van der Waals surface area contributed by atoms with Gasteiger partial charge in [0.25, 0.3) is 17.5 Å². The summed E-state index contributed by atoms with van der Waals surface area (Å²) >= 11 is 0. The molecule has 0 aliphatic rings. The van der Waals surface area contributed by atoms with Crippen LogP contribution in [-0.4, -0.2) is 43.1 Å². The van der Waals surface area contributed by atoms with Crippen molar-refractivity contribution < 1.29 is 32.2 Å². The molecule has 0 spiro atoms. The van der Waals surface area contributed by atoms with E-state index in [4.69, 9.17) is 9.47 Å². The number of ether oxygens (including phenoxy) is 3. The van der Waals surface area contributed by atoms with Crippen molar-refractivity contribution in [1.29, 1.82) is 0 Å². The summed E-state index contributed by atoms with van der Waals surface area (Å²) in [5, 5.41) is 2.60. The van der Waals surface area contributed by atoms with Crippen LogP contribution in [0.15, 0.2) is 35.1 Å². The molecule has 146 valence electrons. The van der Waals surface area contributed by atoms with Gasteiger partial charge in [0, 0.05) is 13.2 Å². The third-order valence-electron chi connectivity index (χ3n) is 3.30. The predicted octanol–water partition coefficient (Wildman–Crippen LogP) is 1.79. The fourth-order valence-electron chi connectivity index (χ4n) is 2.17. The molecule has 1 atom stereocenters. The Morgan fingerprint density at radius 3 is 2.48 bits per heavy atom. The highest BCUT2D eigenvalue weighted by Crippen LogP contribution is 2.24. The molecule has 27 heavy (non-hydrogen) atoms. The summed E-state index contributed by atoms with van der Waals surface area (Å²) in [6, 6.07) is 5.10. The van der Waals surface area contributed by atoms with E-state index in [-0.39, 0.29) is 18.3 Å². The quantitative estimate of drug-likeness (QED) is 0.751. The Bertz CT molecular complexity index is 836. The number of aromatic nitrogens is 2. The first-order chi connectivity index (χ1) is 12.7. The molecule has 1 amide bonds. The number of hydrogen-bond donors (Lipinski definition) is 2. The Morgan fingerprint density at radius 2 is 1.93 bits per heavy atom. The fourth-order valence-corrected chi connectivity index (χ4v) is 2.17. The van der Waals surface area contributed by atoms with Crippen molar-refractivity contribution in [2.45, 2.75) is 12.4 Å². The Kier molecular flexibility index (Phi) is 6.40. The van der Waals surface area contributed by atoms with Crippen molar-refractivity contribution in [3.8, 4) is 11.8 Å². The normalized spacial score (nSPS) is 12.3. The minimum Gasteiger partial charge on any atom is -0.468 e. The molecular weight excluding hydrogens is 371 g/mol. The van der Waals surface area contributed by atoms with Gasteiger partial charge >= 0.3 is 6.36 Å². The molecule has 2 aromatic rings. The van der Waals surface area contributed by atoms with Crippen molar-refractivity contribution in [2.24, 2.45) is 0 Å². The zero-order valence-corrected chi connectivity index (χ0v) is 14.3. The van der Waals surface area contributed by atoms with Crippen LogP contribution >= 0.6 is 0 Å². The van der Waals surface area contributed by atoms with Gasteiger partial charge in [0.05, 0.1) is 19.8 Å². The van der Waals surface area contributed by atoms with Gasteiger partial charge in [-0.25, -0.2) is 0 Å². The first kappa shape index (κ1) is 20.2. The number of benzene rings is 1. The highest BCUT2D eigenvalue weighted by Gasteiger charge is 2.31. The first-order valence-corrected chi connectivity index (χ1v) is 7.52. The van der Waals surface area contributed by atoms with Crippen molar-refractivity contribution in [1.82, 2.24) is 15.3 Å². The fraction of sp³-hybridized carbons (Fsp3) is 0.312. The van der Waals surface area contributed by atoms with Gasteiger partial charge < -0.3 is 19.5 Å². The lowest BCUT2D eigenvalue weighted by Gasteiger charge is -2.19. The number of rotatable bonds is 7. The van der Waals surface area contributed by atoms with Gasteiger partial charge in [-0.05, 0) is 17.7 Å². The van der Waals surface area contributed by atoms with Crippen LogP contribution in [0.3, 0.4) is 0 Å². The van der Waals surface area contributed by atoms with Crippen molar-refractivity contribution in [3.63, 3.8) is 0 Å². The number of methoxy groups -OCH3 is 2. The number of carbonyl (C=O) groups excluding carboxylic acids is 1. The molecule has 1 unspecified atom stereocenters. The van der Waals surface area contributed by atoms with E-state index in [0.717, 1.165) is 18.2 Å². The van der Waals surface area contributed by atoms with Gasteiger partial charge in [0.15, 0.2) is 0 Å². The SMILES string of the molecule is COCC(NC(=O)c1cc(=O)[nH]c(OC)n1)c1ccc(OC(F)(F)F)cc1. The van der Waals surface area contributed by atoms with Crippen LogP contribution in [0.4, 0.5) is 13.2 Å².